The van der Waals surface area contributed by atoms with Crippen molar-refractivity contribution < 1.29 is 14.3 Å². The largest absolute Gasteiger partial charge is 0.496 e. The third-order valence-corrected chi connectivity index (χ3v) is 4.53. The molecule has 0 saturated heterocycles. The molecule has 2 aromatic carbocycles. The van der Waals surface area contributed by atoms with Crippen molar-refractivity contribution in [3.8, 4) is 5.75 Å². The van der Waals surface area contributed by atoms with E-state index in [4.69, 9.17) is 9.47 Å². The van der Waals surface area contributed by atoms with Crippen molar-refractivity contribution in [3.05, 3.63) is 65.2 Å². The summed E-state index contributed by atoms with van der Waals surface area (Å²) in [6.07, 6.45) is 3.97. The van der Waals surface area contributed by atoms with Crippen LogP contribution in [0, 0.1) is 0 Å². The van der Waals surface area contributed by atoms with E-state index in [0.717, 1.165) is 37.0 Å². The van der Waals surface area contributed by atoms with Gasteiger partial charge in [-0.15, -0.1) is 0 Å². The van der Waals surface area contributed by atoms with E-state index in [1.54, 1.807) is 13.2 Å². The van der Waals surface area contributed by atoms with Crippen LogP contribution in [0.5, 0.6) is 5.75 Å². The molecule has 0 fully saturated rings. The third-order valence-electron chi connectivity index (χ3n) is 4.53. The van der Waals surface area contributed by atoms with Crippen LogP contribution in [-0.2, 0) is 17.8 Å². The highest BCUT2D eigenvalue weighted by molar-refractivity contribution is 5.94. The van der Waals surface area contributed by atoms with Gasteiger partial charge in [0, 0.05) is 23.8 Å². The minimum Gasteiger partial charge on any atom is -0.496 e. The van der Waals surface area contributed by atoms with Crippen molar-refractivity contribution in [2.24, 2.45) is 0 Å². The van der Waals surface area contributed by atoms with E-state index in [2.05, 4.69) is 24.4 Å². The molecule has 0 heterocycles. The van der Waals surface area contributed by atoms with E-state index < -0.39 is 0 Å². The van der Waals surface area contributed by atoms with E-state index in [-0.39, 0.29) is 11.9 Å². The predicted octanol–water partition coefficient (Wildman–Crippen LogP) is 4.76. The Bertz CT molecular complexity index is 700. The van der Waals surface area contributed by atoms with Crippen molar-refractivity contribution in [1.29, 1.82) is 0 Å². The van der Waals surface area contributed by atoms with Crippen LogP contribution in [0.25, 0.3) is 0 Å². The molecule has 0 bridgehead atoms. The molecule has 0 aromatic heterocycles. The second-order valence-electron chi connectivity index (χ2n) is 6.83. The summed E-state index contributed by atoms with van der Waals surface area (Å²) in [4.78, 5) is 12.6. The fourth-order valence-electron chi connectivity index (χ4n) is 2.87. The molecule has 0 radical (unpaired) electrons. The maximum absolute atomic E-state index is 12.6. The minimum absolute atomic E-state index is 0.0620. The van der Waals surface area contributed by atoms with E-state index in [1.807, 2.05) is 37.3 Å². The average Bonchev–Trinajstić information content (AvgIpc) is 2.70. The molecule has 0 spiro atoms. The second kappa shape index (κ2) is 11.4. The molecule has 0 aliphatic carbocycles. The van der Waals surface area contributed by atoms with Crippen LogP contribution in [0.15, 0.2) is 48.5 Å². The number of benzene rings is 2. The maximum atomic E-state index is 12.6. The van der Waals surface area contributed by atoms with Crippen LogP contribution < -0.4 is 10.1 Å². The monoisotopic (exact) mass is 369 g/mol. The molecule has 27 heavy (non-hydrogen) atoms. The topological polar surface area (TPSA) is 47.6 Å². The highest BCUT2D eigenvalue weighted by Crippen LogP contribution is 2.21. The molecule has 1 N–H and O–H groups in total. The standard InChI is InChI=1S/C23H31NO3/c1-4-5-15-27-17-21-16-20(13-14-22(21)26-3)23(25)24-18(2)11-12-19-9-7-6-8-10-19/h6-10,13-14,16,18H,4-5,11-12,15,17H2,1-3H3,(H,24,25)/t18-/m1/s1. The molecular weight excluding hydrogens is 338 g/mol. The number of carbonyl (C=O) groups excluding carboxylic acids is 1. The van der Waals surface area contributed by atoms with Crippen LogP contribution in [0.2, 0.25) is 0 Å². The Kier molecular flexibility index (Phi) is 8.85. The number of hydrogen-bond donors (Lipinski definition) is 1. The predicted molar refractivity (Wildman–Crippen MR) is 109 cm³/mol. The van der Waals surface area contributed by atoms with Crippen LogP contribution in [-0.4, -0.2) is 25.7 Å². The fourth-order valence-corrected chi connectivity index (χ4v) is 2.87. The first-order chi connectivity index (χ1) is 13.1. The Hall–Kier alpha value is -2.33. The van der Waals surface area contributed by atoms with Gasteiger partial charge < -0.3 is 14.8 Å². The van der Waals surface area contributed by atoms with Crippen molar-refractivity contribution in [3.63, 3.8) is 0 Å². The Morgan fingerprint density at radius 1 is 1.15 bits per heavy atom. The number of carbonyl (C=O) groups is 1. The van der Waals surface area contributed by atoms with Crippen molar-refractivity contribution >= 4 is 5.91 Å². The Labute approximate surface area is 162 Å². The number of methoxy groups -OCH3 is 1. The Morgan fingerprint density at radius 3 is 2.63 bits per heavy atom. The highest BCUT2D eigenvalue weighted by Gasteiger charge is 2.13. The first-order valence-electron chi connectivity index (χ1n) is 9.73. The number of hydrogen-bond acceptors (Lipinski definition) is 3. The van der Waals surface area contributed by atoms with Gasteiger partial charge in [-0.2, -0.15) is 0 Å². The smallest absolute Gasteiger partial charge is 0.251 e. The summed E-state index contributed by atoms with van der Waals surface area (Å²) in [5.74, 6) is 0.688. The molecule has 2 aromatic rings. The first kappa shape index (κ1) is 21.0. The van der Waals surface area contributed by atoms with Gasteiger partial charge in [0.05, 0.1) is 13.7 Å². The molecule has 2 rings (SSSR count). The summed E-state index contributed by atoms with van der Waals surface area (Å²) in [6, 6.07) is 15.9. The average molecular weight is 370 g/mol. The third kappa shape index (κ3) is 7.06. The molecule has 4 nitrogen and oxygen atoms in total. The number of unbranched alkanes of at least 4 members (excludes halogenated alkanes) is 1. The van der Waals surface area contributed by atoms with Gasteiger partial charge in [0.2, 0.25) is 0 Å². The van der Waals surface area contributed by atoms with Gasteiger partial charge in [0.15, 0.2) is 0 Å². The summed E-state index contributed by atoms with van der Waals surface area (Å²) in [7, 11) is 1.64. The zero-order valence-corrected chi connectivity index (χ0v) is 16.7. The minimum atomic E-state index is -0.0620. The number of nitrogens with one attached hydrogen (secondary N) is 1. The van der Waals surface area contributed by atoms with Gasteiger partial charge in [0.1, 0.15) is 5.75 Å². The van der Waals surface area contributed by atoms with E-state index in [0.29, 0.717) is 18.8 Å². The molecule has 1 amide bonds. The van der Waals surface area contributed by atoms with Crippen LogP contribution >= 0.6 is 0 Å². The number of amides is 1. The van der Waals surface area contributed by atoms with Gasteiger partial charge >= 0.3 is 0 Å². The van der Waals surface area contributed by atoms with Gasteiger partial charge in [-0.1, -0.05) is 43.7 Å². The van der Waals surface area contributed by atoms with Gasteiger partial charge in [-0.25, -0.2) is 0 Å². The first-order valence-corrected chi connectivity index (χ1v) is 9.73. The normalized spacial score (nSPS) is 11.8. The lowest BCUT2D eigenvalue weighted by molar-refractivity contribution is 0.0937. The summed E-state index contributed by atoms with van der Waals surface area (Å²) in [6.45, 7) is 5.34. The second-order valence-corrected chi connectivity index (χ2v) is 6.83. The molecule has 0 saturated carbocycles. The van der Waals surface area contributed by atoms with E-state index in [1.165, 1.54) is 5.56 Å². The lowest BCUT2D eigenvalue weighted by atomic mass is 10.1. The Morgan fingerprint density at radius 2 is 1.93 bits per heavy atom. The molecule has 0 aliphatic heterocycles. The van der Waals surface area contributed by atoms with Crippen molar-refractivity contribution in [1.82, 2.24) is 5.32 Å². The maximum Gasteiger partial charge on any atom is 0.251 e. The van der Waals surface area contributed by atoms with E-state index >= 15 is 0 Å². The summed E-state index contributed by atoms with van der Waals surface area (Å²) < 4.78 is 11.1. The molecule has 4 heteroatoms. The van der Waals surface area contributed by atoms with Gasteiger partial charge in [-0.05, 0) is 49.9 Å². The molecular formula is C23H31NO3. The highest BCUT2D eigenvalue weighted by atomic mass is 16.5. The van der Waals surface area contributed by atoms with Crippen LogP contribution in [0.4, 0.5) is 0 Å². The fraction of sp³-hybridized carbons (Fsp3) is 0.435. The molecule has 0 unspecified atom stereocenters. The van der Waals surface area contributed by atoms with Gasteiger partial charge in [-0.3, -0.25) is 4.79 Å². The molecule has 1 atom stereocenters. The van der Waals surface area contributed by atoms with Crippen LogP contribution in [0.1, 0.15) is 54.6 Å². The van der Waals surface area contributed by atoms with Crippen molar-refractivity contribution in [2.75, 3.05) is 13.7 Å². The van der Waals surface area contributed by atoms with Crippen LogP contribution in [0.3, 0.4) is 0 Å². The Balaban J connectivity index is 1.92. The zero-order chi connectivity index (χ0) is 19.5. The lowest BCUT2D eigenvalue weighted by Gasteiger charge is -2.15. The van der Waals surface area contributed by atoms with Crippen molar-refractivity contribution in [2.45, 2.75) is 52.2 Å². The SMILES string of the molecule is CCCCOCc1cc(C(=O)N[C@H](C)CCc2ccccc2)ccc1OC. The number of aryl methyl sites for hydroxylation is 1. The van der Waals surface area contributed by atoms with E-state index in [9.17, 15) is 4.79 Å². The summed E-state index contributed by atoms with van der Waals surface area (Å²) in [5.41, 5.74) is 2.82. The summed E-state index contributed by atoms with van der Waals surface area (Å²) in [5, 5.41) is 3.09. The number of rotatable bonds is 11. The summed E-state index contributed by atoms with van der Waals surface area (Å²) >= 11 is 0. The zero-order valence-electron chi connectivity index (χ0n) is 16.7. The molecule has 0 aliphatic rings. The quantitative estimate of drug-likeness (QED) is 0.581. The lowest BCUT2D eigenvalue weighted by Crippen LogP contribution is -2.33. The van der Waals surface area contributed by atoms with Gasteiger partial charge in [0.25, 0.3) is 5.91 Å². The molecule has 146 valence electrons. The number of ether oxygens (including phenoxy) is 2.